The van der Waals surface area contributed by atoms with Crippen LogP contribution in [0.5, 0.6) is 0 Å². The maximum Gasteiger partial charge on any atom is 0.188 e. The van der Waals surface area contributed by atoms with Gasteiger partial charge in [-0.1, -0.05) is 18.7 Å². The maximum atomic E-state index is 11.3. The average molecular weight is 408 g/mol. The van der Waals surface area contributed by atoms with Crippen molar-refractivity contribution in [3.05, 3.63) is 0 Å². The van der Waals surface area contributed by atoms with E-state index in [4.69, 9.17) is 4.52 Å². The minimum absolute atomic E-state index is 0.264. The van der Waals surface area contributed by atoms with E-state index in [1.807, 2.05) is 6.92 Å². The Hall–Kier alpha value is 0.290. The van der Waals surface area contributed by atoms with Crippen molar-refractivity contribution in [3.8, 4) is 0 Å². The lowest BCUT2D eigenvalue weighted by Gasteiger charge is -2.45. The van der Waals surface area contributed by atoms with Crippen LogP contribution in [-0.4, -0.2) is 64.1 Å². The third-order valence-electron chi connectivity index (χ3n) is 3.83. The van der Waals surface area contributed by atoms with Crippen LogP contribution in [0.1, 0.15) is 68.7 Å². The van der Waals surface area contributed by atoms with Crippen molar-refractivity contribution in [2.75, 3.05) is 25.4 Å². The summed E-state index contributed by atoms with van der Waals surface area (Å²) < 4.78 is 11.5. The highest BCUT2D eigenvalue weighted by atomic mass is 32.2. The van der Waals surface area contributed by atoms with Crippen LogP contribution in [0.3, 0.4) is 0 Å². The molecule has 0 aromatic heterocycles. The van der Waals surface area contributed by atoms with E-state index < -0.39 is 8.45 Å². The first kappa shape index (κ1) is 26.3. The SMILES string of the molecule is CCC(=O)SCCNCCOP(N(C(C)C)C(C)C)N(C(C)C)C(C)C. The van der Waals surface area contributed by atoms with Gasteiger partial charge in [-0.05, 0) is 55.4 Å². The van der Waals surface area contributed by atoms with E-state index in [2.05, 4.69) is 70.0 Å². The normalized spacial score (nSPS) is 12.8. The van der Waals surface area contributed by atoms with Crippen molar-refractivity contribution in [2.45, 2.75) is 92.9 Å². The summed E-state index contributed by atoms with van der Waals surface area (Å²) in [5.41, 5.74) is 0. The third kappa shape index (κ3) is 10.0. The van der Waals surface area contributed by atoms with Crippen molar-refractivity contribution < 1.29 is 9.32 Å². The van der Waals surface area contributed by atoms with Gasteiger partial charge in [0.1, 0.15) is 0 Å². The van der Waals surface area contributed by atoms with E-state index in [0.29, 0.717) is 37.2 Å². The molecule has 26 heavy (non-hydrogen) atoms. The van der Waals surface area contributed by atoms with Crippen molar-refractivity contribution >= 4 is 25.3 Å². The molecule has 0 unspecified atom stereocenters. The second-order valence-electron chi connectivity index (χ2n) is 7.55. The van der Waals surface area contributed by atoms with Gasteiger partial charge in [0.2, 0.25) is 0 Å². The number of rotatable bonds is 14. The van der Waals surface area contributed by atoms with Gasteiger partial charge < -0.3 is 9.84 Å². The van der Waals surface area contributed by atoms with Crippen molar-refractivity contribution in [1.29, 1.82) is 0 Å². The predicted octanol–water partition coefficient (Wildman–Crippen LogP) is 4.73. The number of thioether (sulfide) groups is 1. The first-order valence-electron chi connectivity index (χ1n) is 9.99. The van der Waals surface area contributed by atoms with Crippen LogP contribution in [0, 0.1) is 0 Å². The van der Waals surface area contributed by atoms with Crippen LogP contribution in [0.4, 0.5) is 0 Å². The van der Waals surface area contributed by atoms with Crippen LogP contribution < -0.4 is 5.32 Å². The lowest BCUT2D eigenvalue weighted by Crippen LogP contribution is -2.43. The molecular weight excluding hydrogens is 365 g/mol. The van der Waals surface area contributed by atoms with Gasteiger partial charge in [-0.25, -0.2) is 9.34 Å². The molecule has 7 heteroatoms. The Morgan fingerprint density at radius 3 is 1.77 bits per heavy atom. The summed E-state index contributed by atoms with van der Waals surface area (Å²) in [6, 6.07) is 1.74. The summed E-state index contributed by atoms with van der Waals surface area (Å²) in [6.45, 7) is 22.2. The van der Waals surface area contributed by atoms with Crippen molar-refractivity contribution in [3.63, 3.8) is 0 Å². The van der Waals surface area contributed by atoms with Crippen LogP contribution in [-0.2, 0) is 9.32 Å². The minimum atomic E-state index is -0.815. The summed E-state index contributed by atoms with van der Waals surface area (Å²) in [5.74, 6) is 0.829. The zero-order valence-corrected chi connectivity index (χ0v) is 20.1. The van der Waals surface area contributed by atoms with Gasteiger partial charge in [-0.15, -0.1) is 0 Å². The summed E-state index contributed by atoms with van der Waals surface area (Å²) >= 11 is 1.41. The lowest BCUT2D eigenvalue weighted by atomic mass is 10.3. The fraction of sp³-hybridized carbons (Fsp3) is 0.947. The monoisotopic (exact) mass is 407 g/mol. The molecule has 0 saturated heterocycles. The van der Waals surface area contributed by atoms with Gasteiger partial charge in [-0.3, -0.25) is 4.79 Å². The highest BCUT2D eigenvalue weighted by Gasteiger charge is 2.34. The molecule has 0 aromatic carbocycles. The van der Waals surface area contributed by atoms with E-state index in [1.54, 1.807) is 0 Å². The smallest absolute Gasteiger partial charge is 0.188 e. The highest BCUT2D eigenvalue weighted by molar-refractivity contribution is 8.13. The summed E-state index contributed by atoms with van der Waals surface area (Å²) in [7, 11) is -0.815. The molecule has 1 N–H and O–H groups in total. The Kier molecular flexibility index (Phi) is 14.5. The van der Waals surface area contributed by atoms with Crippen LogP contribution in [0.2, 0.25) is 0 Å². The standard InChI is InChI=1S/C19H42N3O2PS/c1-10-19(23)26-14-12-20-11-13-24-25(21(15(2)3)16(4)5)22(17(6)7)18(8)9/h15-18,20H,10-14H2,1-9H3. The van der Waals surface area contributed by atoms with E-state index in [-0.39, 0.29) is 5.12 Å². The zero-order chi connectivity index (χ0) is 20.3. The van der Waals surface area contributed by atoms with E-state index >= 15 is 0 Å². The topological polar surface area (TPSA) is 44.8 Å². The third-order valence-corrected chi connectivity index (χ3v) is 7.90. The first-order valence-corrected chi connectivity index (χ1v) is 12.1. The molecule has 0 heterocycles. The van der Waals surface area contributed by atoms with E-state index in [1.165, 1.54) is 11.8 Å². The van der Waals surface area contributed by atoms with Gasteiger partial charge >= 0.3 is 0 Å². The lowest BCUT2D eigenvalue weighted by molar-refractivity contribution is -0.110. The summed E-state index contributed by atoms with van der Waals surface area (Å²) in [4.78, 5) is 11.3. The summed E-state index contributed by atoms with van der Waals surface area (Å²) in [5, 5.41) is 3.65. The quantitative estimate of drug-likeness (QED) is 0.332. The molecule has 0 rings (SSSR count). The molecule has 0 aromatic rings. The van der Waals surface area contributed by atoms with Crippen LogP contribution >= 0.6 is 20.2 Å². The van der Waals surface area contributed by atoms with E-state index in [0.717, 1.165) is 18.8 Å². The molecule has 0 spiro atoms. The molecule has 0 aliphatic heterocycles. The molecule has 0 aliphatic rings. The van der Waals surface area contributed by atoms with Gasteiger partial charge in [0.25, 0.3) is 0 Å². The highest BCUT2D eigenvalue weighted by Crippen LogP contribution is 2.50. The Labute approximate surface area is 167 Å². The molecule has 0 fully saturated rings. The number of nitrogens with zero attached hydrogens (tertiary/aromatic N) is 2. The second-order valence-corrected chi connectivity index (χ2v) is 10.4. The molecule has 0 amide bonds. The number of hydrogen-bond acceptors (Lipinski definition) is 6. The number of hydrogen-bond donors (Lipinski definition) is 1. The number of carbonyl (C=O) groups excluding carboxylic acids is 1. The van der Waals surface area contributed by atoms with Crippen molar-refractivity contribution in [2.24, 2.45) is 0 Å². The van der Waals surface area contributed by atoms with E-state index in [9.17, 15) is 4.79 Å². The second kappa shape index (κ2) is 14.3. The zero-order valence-electron chi connectivity index (χ0n) is 18.4. The molecule has 0 atom stereocenters. The molecule has 0 aliphatic carbocycles. The van der Waals surface area contributed by atoms with Crippen LogP contribution in [0.25, 0.3) is 0 Å². The van der Waals surface area contributed by atoms with Gasteiger partial charge in [0.05, 0.1) is 6.61 Å². The maximum absolute atomic E-state index is 11.3. The largest absolute Gasteiger partial charge is 0.330 e. The molecule has 5 nitrogen and oxygen atoms in total. The molecule has 0 saturated carbocycles. The molecule has 0 radical (unpaired) electrons. The molecular formula is C19H42N3O2PS. The van der Waals surface area contributed by atoms with Crippen LogP contribution in [0.15, 0.2) is 0 Å². The number of nitrogens with one attached hydrogen (secondary N) is 1. The minimum Gasteiger partial charge on any atom is -0.330 e. The molecule has 0 bridgehead atoms. The first-order chi connectivity index (χ1) is 12.1. The van der Waals surface area contributed by atoms with Gasteiger partial charge in [-0.2, -0.15) is 0 Å². The van der Waals surface area contributed by atoms with Gasteiger partial charge in [0, 0.05) is 49.4 Å². The molecule has 156 valence electrons. The Morgan fingerprint density at radius 1 is 0.923 bits per heavy atom. The fourth-order valence-corrected chi connectivity index (χ4v) is 5.92. The van der Waals surface area contributed by atoms with Gasteiger partial charge in [0.15, 0.2) is 13.6 Å². The Bertz CT molecular complexity index is 346. The average Bonchev–Trinajstić information content (AvgIpc) is 2.51. The Balaban J connectivity index is 4.70. The summed E-state index contributed by atoms with van der Waals surface area (Å²) in [6.07, 6.45) is 0.610. The Morgan fingerprint density at radius 2 is 1.38 bits per heavy atom. The van der Waals surface area contributed by atoms with Crippen molar-refractivity contribution in [1.82, 2.24) is 14.7 Å². The fourth-order valence-electron chi connectivity index (χ4n) is 2.90. The predicted molar refractivity (Wildman–Crippen MR) is 118 cm³/mol. The number of carbonyl (C=O) groups is 1.